The number of esters is 2. The number of hydrogen-bond donors (Lipinski definition) is 0. The first-order valence-corrected chi connectivity index (χ1v) is 8.28. The summed E-state index contributed by atoms with van der Waals surface area (Å²) >= 11 is 0. The van der Waals surface area contributed by atoms with Crippen LogP contribution in [0.2, 0.25) is 0 Å². The van der Waals surface area contributed by atoms with Crippen molar-refractivity contribution in [2.45, 2.75) is 63.6 Å². The Kier molecular flexibility index (Phi) is 7.66. The Morgan fingerprint density at radius 3 is 1.64 bits per heavy atom. The number of carbonyl (C=O) groups excluding carboxylic acids is 2. The first kappa shape index (κ1) is 17.2. The zero-order valence-corrected chi connectivity index (χ0v) is 13.1. The van der Waals surface area contributed by atoms with Crippen LogP contribution in [0.1, 0.15) is 51.4 Å². The topological polar surface area (TPSA) is 71.1 Å². The maximum absolute atomic E-state index is 11.1. The first-order chi connectivity index (χ1) is 10.7. The zero-order chi connectivity index (χ0) is 15.6. The van der Waals surface area contributed by atoms with Crippen LogP contribution in [0.5, 0.6) is 0 Å². The third-order valence-corrected chi connectivity index (χ3v) is 3.95. The predicted molar refractivity (Wildman–Crippen MR) is 78.3 cm³/mol. The monoisotopic (exact) mass is 314 g/mol. The third kappa shape index (κ3) is 6.75. The highest BCUT2D eigenvalue weighted by molar-refractivity contribution is 5.70. The van der Waals surface area contributed by atoms with Gasteiger partial charge < -0.3 is 18.9 Å². The molecule has 0 radical (unpaired) electrons. The van der Waals surface area contributed by atoms with E-state index in [9.17, 15) is 9.59 Å². The summed E-state index contributed by atoms with van der Waals surface area (Å²) < 4.78 is 21.4. The van der Waals surface area contributed by atoms with Gasteiger partial charge in [0.1, 0.15) is 12.2 Å². The minimum atomic E-state index is -0.0944. The van der Waals surface area contributed by atoms with Gasteiger partial charge in [-0.3, -0.25) is 9.59 Å². The van der Waals surface area contributed by atoms with E-state index in [0.29, 0.717) is 39.3 Å². The van der Waals surface area contributed by atoms with Crippen molar-refractivity contribution in [3.8, 4) is 0 Å². The molecule has 2 fully saturated rings. The molecule has 0 aromatic rings. The molecule has 2 saturated heterocycles. The third-order valence-electron chi connectivity index (χ3n) is 3.95. The lowest BCUT2D eigenvalue weighted by atomic mass is 10.1. The van der Waals surface area contributed by atoms with Gasteiger partial charge in [-0.1, -0.05) is 0 Å². The highest BCUT2D eigenvalue weighted by atomic mass is 16.6. The van der Waals surface area contributed by atoms with Crippen molar-refractivity contribution in [2.75, 3.05) is 26.4 Å². The van der Waals surface area contributed by atoms with E-state index in [-0.39, 0.29) is 24.1 Å². The van der Waals surface area contributed by atoms with Gasteiger partial charge in [-0.15, -0.1) is 0 Å². The van der Waals surface area contributed by atoms with Crippen molar-refractivity contribution in [3.63, 3.8) is 0 Å². The summed E-state index contributed by atoms with van der Waals surface area (Å²) in [6, 6.07) is 0. The molecule has 2 unspecified atom stereocenters. The second-order valence-electron chi connectivity index (χ2n) is 5.81. The van der Waals surface area contributed by atoms with Gasteiger partial charge in [-0.05, 0) is 25.7 Å². The minimum absolute atomic E-state index is 0.0168. The van der Waals surface area contributed by atoms with Gasteiger partial charge in [0.15, 0.2) is 0 Å². The molecule has 22 heavy (non-hydrogen) atoms. The van der Waals surface area contributed by atoms with Crippen LogP contribution in [0.15, 0.2) is 0 Å². The lowest BCUT2D eigenvalue weighted by molar-refractivity contribution is -0.156. The Hall–Kier alpha value is -1.14. The van der Waals surface area contributed by atoms with Gasteiger partial charge in [0.2, 0.25) is 0 Å². The number of rotatable bonds is 9. The van der Waals surface area contributed by atoms with E-state index in [2.05, 4.69) is 0 Å². The van der Waals surface area contributed by atoms with Gasteiger partial charge in [0.25, 0.3) is 0 Å². The number of carbonyl (C=O) groups is 2. The fraction of sp³-hybridized carbons (Fsp3) is 0.875. The lowest BCUT2D eigenvalue weighted by Gasteiger charge is -2.22. The number of hydrogen-bond acceptors (Lipinski definition) is 6. The largest absolute Gasteiger partial charge is 0.462 e. The van der Waals surface area contributed by atoms with Crippen LogP contribution in [-0.4, -0.2) is 50.6 Å². The highest BCUT2D eigenvalue weighted by Gasteiger charge is 2.20. The van der Waals surface area contributed by atoms with Crippen LogP contribution in [0, 0.1) is 0 Å². The quantitative estimate of drug-likeness (QED) is 0.479. The SMILES string of the molecule is O=C1CCCC(CCOCCOCCC2CCCC(=O)O2)O1. The molecule has 6 nitrogen and oxygen atoms in total. The molecule has 0 N–H and O–H groups in total. The zero-order valence-electron chi connectivity index (χ0n) is 13.1. The van der Waals surface area contributed by atoms with Gasteiger partial charge in [-0.2, -0.15) is 0 Å². The molecule has 2 aliphatic rings. The number of ether oxygens (including phenoxy) is 4. The maximum atomic E-state index is 11.1. The molecule has 2 rings (SSSR count). The van der Waals surface area contributed by atoms with E-state index in [1.165, 1.54) is 0 Å². The normalized spacial score (nSPS) is 25.6. The summed E-state index contributed by atoms with van der Waals surface area (Å²) in [5.74, 6) is -0.189. The minimum Gasteiger partial charge on any atom is -0.462 e. The maximum Gasteiger partial charge on any atom is 0.306 e. The van der Waals surface area contributed by atoms with Gasteiger partial charge in [-0.25, -0.2) is 0 Å². The summed E-state index contributed by atoms with van der Waals surface area (Å²) in [6.07, 6.45) is 6.33. The second kappa shape index (κ2) is 9.79. The smallest absolute Gasteiger partial charge is 0.306 e. The van der Waals surface area contributed by atoms with Crippen molar-refractivity contribution < 1.29 is 28.5 Å². The molecule has 0 bridgehead atoms. The summed E-state index contributed by atoms with van der Waals surface area (Å²) in [4.78, 5) is 22.2. The van der Waals surface area contributed by atoms with Crippen molar-refractivity contribution in [2.24, 2.45) is 0 Å². The van der Waals surface area contributed by atoms with E-state index in [4.69, 9.17) is 18.9 Å². The van der Waals surface area contributed by atoms with Crippen LogP contribution < -0.4 is 0 Å². The predicted octanol–water partition coefficient (Wildman–Crippen LogP) is 1.99. The van der Waals surface area contributed by atoms with E-state index >= 15 is 0 Å². The summed E-state index contributed by atoms with van der Waals surface area (Å²) in [5.41, 5.74) is 0. The Labute approximate surface area is 131 Å². The van der Waals surface area contributed by atoms with E-state index < -0.39 is 0 Å². The molecule has 6 heteroatoms. The van der Waals surface area contributed by atoms with Crippen LogP contribution in [0.4, 0.5) is 0 Å². The molecule has 2 heterocycles. The van der Waals surface area contributed by atoms with Crippen LogP contribution in [0.25, 0.3) is 0 Å². The average Bonchev–Trinajstić information content (AvgIpc) is 2.50. The Morgan fingerprint density at radius 1 is 0.773 bits per heavy atom. The van der Waals surface area contributed by atoms with Crippen LogP contribution >= 0.6 is 0 Å². The molecule has 126 valence electrons. The molecule has 0 amide bonds. The van der Waals surface area contributed by atoms with Crippen molar-refractivity contribution in [1.29, 1.82) is 0 Å². The molecule has 0 aromatic carbocycles. The van der Waals surface area contributed by atoms with Crippen LogP contribution in [0.3, 0.4) is 0 Å². The molecule has 0 saturated carbocycles. The molecular weight excluding hydrogens is 288 g/mol. The van der Waals surface area contributed by atoms with E-state index in [0.717, 1.165) is 38.5 Å². The van der Waals surface area contributed by atoms with Gasteiger partial charge in [0.05, 0.1) is 26.4 Å². The Bertz CT molecular complexity index is 323. The molecular formula is C16H26O6. The summed E-state index contributed by atoms with van der Waals surface area (Å²) in [5, 5.41) is 0. The number of cyclic esters (lactones) is 2. The average molecular weight is 314 g/mol. The Morgan fingerprint density at radius 2 is 1.23 bits per heavy atom. The fourth-order valence-electron chi connectivity index (χ4n) is 2.71. The Balaban J connectivity index is 1.38. The molecule has 2 atom stereocenters. The van der Waals surface area contributed by atoms with Gasteiger partial charge >= 0.3 is 11.9 Å². The molecule has 0 aliphatic carbocycles. The van der Waals surface area contributed by atoms with Crippen molar-refractivity contribution >= 4 is 11.9 Å². The van der Waals surface area contributed by atoms with Crippen LogP contribution in [-0.2, 0) is 28.5 Å². The van der Waals surface area contributed by atoms with Crippen molar-refractivity contribution in [1.82, 2.24) is 0 Å². The standard InChI is InChI=1S/C16H26O6/c17-15-5-1-3-13(21-15)7-9-19-11-12-20-10-8-14-4-2-6-16(18)22-14/h13-14H,1-12H2. The molecule has 2 aliphatic heterocycles. The first-order valence-electron chi connectivity index (χ1n) is 8.28. The molecule has 0 aromatic heterocycles. The second-order valence-corrected chi connectivity index (χ2v) is 5.81. The van der Waals surface area contributed by atoms with Crippen molar-refractivity contribution in [3.05, 3.63) is 0 Å². The highest BCUT2D eigenvalue weighted by Crippen LogP contribution is 2.17. The lowest BCUT2D eigenvalue weighted by Crippen LogP contribution is -2.25. The fourth-order valence-corrected chi connectivity index (χ4v) is 2.71. The summed E-state index contributed by atoms with van der Waals surface area (Å²) in [7, 11) is 0. The van der Waals surface area contributed by atoms with E-state index in [1.54, 1.807) is 0 Å². The van der Waals surface area contributed by atoms with E-state index in [1.807, 2.05) is 0 Å². The molecule has 0 spiro atoms. The summed E-state index contributed by atoms with van der Waals surface area (Å²) in [6.45, 7) is 2.24. The van der Waals surface area contributed by atoms with Gasteiger partial charge in [0, 0.05) is 25.7 Å².